The minimum atomic E-state index is -1.15. The average molecular weight is 515 g/mol. The van der Waals surface area contributed by atoms with Crippen LogP contribution in [-0.2, 0) is 14.4 Å². The van der Waals surface area contributed by atoms with E-state index < -0.39 is 35.2 Å². The van der Waals surface area contributed by atoms with Gasteiger partial charge >= 0.3 is 0 Å². The molecule has 0 saturated carbocycles. The number of nitrogens with one attached hydrogen (secondary N) is 4. The molecule has 2 amide bonds. The molecule has 0 aliphatic carbocycles. The zero-order chi connectivity index (χ0) is 27.7. The zero-order valence-corrected chi connectivity index (χ0v) is 21.3. The molecule has 1 unspecified atom stereocenters. The van der Waals surface area contributed by atoms with Crippen LogP contribution in [0, 0.1) is 5.41 Å². The summed E-state index contributed by atoms with van der Waals surface area (Å²) in [5.41, 5.74) is 0.488. The summed E-state index contributed by atoms with van der Waals surface area (Å²) in [5.74, 6) is -3.65. The van der Waals surface area contributed by atoms with Crippen molar-refractivity contribution in [2.45, 2.75) is 39.2 Å². The number of hydrogen-bond acceptors (Lipinski definition) is 6. The second-order valence-corrected chi connectivity index (χ2v) is 8.88. The van der Waals surface area contributed by atoms with Gasteiger partial charge in [-0.1, -0.05) is 42.5 Å². The number of hydrogen-bond donors (Lipinski definition) is 4. The zero-order valence-electron chi connectivity index (χ0n) is 21.3. The second kappa shape index (κ2) is 13.0. The molecule has 0 heterocycles. The maximum absolute atomic E-state index is 13.0. The van der Waals surface area contributed by atoms with Crippen LogP contribution in [0.15, 0.2) is 66.7 Å². The Kier molecular flexibility index (Phi) is 9.59. The molecule has 196 valence electrons. The largest absolute Gasteiger partial charge is 0.374 e. The van der Waals surface area contributed by atoms with E-state index in [2.05, 4.69) is 16.0 Å². The van der Waals surface area contributed by atoms with E-state index >= 15 is 0 Å². The second-order valence-electron chi connectivity index (χ2n) is 8.88. The van der Waals surface area contributed by atoms with Crippen LogP contribution in [-0.4, -0.2) is 47.6 Å². The first-order valence-corrected chi connectivity index (χ1v) is 12.3. The van der Waals surface area contributed by atoms with Crippen molar-refractivity contribution in [3.63, 3.8) is 0 Å². The standard InChI is InChI=1S/C29H30N4O5/c1-18(34)26(35)25(13-7-8-16-31-19(2)30)33-29(38)27(36)23-11-5-6-12-24(23)32-28(37)22-15-14-20-9-3-4-10-21(20)17-22/h3-6,9-12,14-15,17,25H,7-8,13,16H2,1-2H3,(H2,30,31)(H,32,37)(H,33,38). The normalized spacial score (nSPS) is 11.3. The van der Waals surface area contributed by atoms with Crippen LogP contribution in [0.3, 0.4) is 0 Å². The van der Waals surface area contributed by atoms with E-state index in [1.807, 2.05) is 30.3 Å². The summed E-state index contributed by atoms with van der Waals surface area (Å²) in [6.07, 6.45) is 1.25. The summed E-state index contributed by atoms with van der Waals surface area (Å²) >= 11 is 0. The summed E-state index contributed by atoms with van der Waals surface area (Å²) < 4.78 is 0. The van der Waals surface area contributed by atoms with Gasteiger partial charge in [-0.05, 0) is 61.2 Å². The number of para-hydroxylation sites is 1. The van der Waals surface area contributed by atoms with Crippen LogP contribution in [0.1, 0.15) is 53.8 Å². The van der Waals surface area contributed by atoms with Crippen molar-refractivity contribution in [1.82, 2.24) is 10.6 Å². The molecule has 0 bridgehead atoms. The van der Waals surface area contributed by atoms with Gasteiger partial charge in [0.2, 0.25) is 5.78 Å². The predicted molar refractivity (Wildman–Crippen MR) is 146 cm³/mol. The fourth-order valence-corrected chi connectivity index (χ4v) is 3.92. The Bertz CT molecular complexity index is 1400. The van der Waals surface area contributed by atoms with Crippen LogP contribution >= 0.6 is 0 Å². The topological polar surface area (TPSA) is 145 Å². The molecular formula is C29H30N4O5. The summed E-state index contributed by atoms with van der Waals surface area (Å²) in [6.45, 7) is 3.23. The highest BCUT2D eigenvalue weighted by Crippen LogP contribution is 2.20. The number of Topliss-reactive ketones (excluding diaryl/α,β-unsaturated/α-hetero) is 3. The maximum atomic E-state index is 13.0. The lowest BCUT2D eigenvalue weighted by Gasteiger charge is -2.17. The SMILES string of the molecule is CC(=N)NCCCCC(NC(=O)C(=O)c1ccccc1NC(=O)c1ccc2ccccc2c1)C(=O)C(C)=O. The van der Waals surface area contributed by atoms with Crippen LogP contribution in [0.5, 0.6) is 0 Å². The molecule has 0 fully saturated rings. The van der Waals surface area contributed by atoms with Gasteiger partial charge in [-0.25, -0.2) is 0 Å². The van der Waals surface area contributed by atoms with E-state index in [0.717, 1.165) is 17.7 Å². The summed E-state index contributed by atoms with van der Waals surface area (Å²) in [7, 11) is 0. The molecule has 0 spiro atoms. The molecule has 0 aliphatic heterocycles. The molecule has 4 N–H and O–H groups in total. The van der Waals surface area contributed by atoms with Crippen molar-refractivity contribution in [2.75, 3.05) is 11.9 Å². The average Bonchev–Trinajstić information content (AvgIpc) is 2.91. The number of ketones is 3. The predicted octanol–water partition coefficient (Wildman–Crippen LogP) is 3.67. The smallest absolute Gasteiger partial charge is 0.293 e. The van der Waals surface area contributed by atoms with Gasteiger partial charge in [-0.15, -0.1) is 0 Å². The molecule has 0 saturated heterocycles. The fourth-order valence-electron chi connectivity index (χ4n) is 3.92. The van der Waals surface area contributed by atoms with Crippen LogP contribution < -0.4 is 16.0 Å². The van der Waals surface area contributed by atoms with Gasteiger partial charge in [0.1, 0.15) is 0 Å². The monoisotopic (exact) mass is 514 g/mol. The number of amides is 2. The maximum Gasteiger partial charge on any atom is 0.293 e. The third-order valence-corrected chi connectivity index (χ3v) is 5.92. The molecule has 3 aromatic carbocycles. The lowest BCUT2D eigenvalue weighted by molar-refractivity contribution is -0.137. The Balaban J connectivity index is 1.72. The van der Waals surface area contributed by atoms with Crippen molar-refractivity contribution < 1.29 is 24.0 Å². The van der Waals surface area contributed by atoms with Gasteiger partial charge < -0.3 is 16.0 Å². The molecule has 3 rings (SSSR count). The quantitative estimate of drug-likeness (QED) is 0.0954. The lowest BCUT2D eigenvalue weighted by Crippen LogP contribution is -2.46. The number of benzene rings is 3. The minimum Gasteiger partial charge on any atom is -0.374 e. The van der Waals surface area contributed by atoms with E-state index in [1.165, 1.54) is 12.1 Å². The van der Waals surface area contributed by atoms with Gasteiger partial charge in [-0.2, -0.15) is 0 Å². The van der Waals surface area contributed by atoms with E-state index in [9.17, 15) is 24.0 Å². The number of carbonyl (C=O) groups excluding carboxylic acids is 5. The number of fused-ring (bicyclic) bond motifs is 1. The summed E-state index contributed by atoms with van der Waals surface area (Å²) in [5, 5.41) is 17.2. The molecule has 9 heteroatoms. The van der Waals surface area contributed by atoms with E-state index in [4.69, 9.17) is 5.41 Å². The highest BCUT2D eigenvalue weighted by atomic mass is 16.2. The van der Waals surface area contributed by atoms with E-state index in [0.29, 0.717) is 30.8 Å². The minimum absolute atomic E-state index is 0.0428. The first kappa shape index (κ1) is 27.9. The number of rotatable bonds is 12. The Hall–Kier alpha value is -4.66. The molecule has 0 radical (unpaired) electrons. The Morgan fingerprint density at radius 1 is 0.842 bits per heavy atom. The summed E-state index contributed by atoms with van der Waals surface area (Å²) in [4.78, 5) is 62.9. The number of amidine groups is 1. The van der Waals surface area contributed by atoms with Crippen LogP contribution in [0.2, 0.25) is 0 Å². The fraction of sp³-hybridized carbons (Fsp3) is 0.241. The first-order chi connectivity index (χ1) is 18.2. The number of unbranched alkanes of at least 4 members (excludes halogenated alkanes) is 1. The van der Waals surface area contributed by atoms with Crippen LogP contribution in [0.4, 0.5) is 5.69 Å². The van der Waals surface area contributed by atoms with Gasteiger partial charge in [0.25, 0.3) is 17.6 Å². The Morgan fingerprint density at radius 2 is 1.53 bits per heavy atom. The Labute approximate surface area is 220 Å². The highest BCUT2D eigenvalue weighted by Gasteiger charge is 2.28. The van der Waals surface area contributed by atoms with Crippen LogP contribution in [0.25, 0.3) is 10.8 Å². The Morgan fingerprint density at radius 3 is 2.24 bits per heavy atom. The van der Waals surface area contributed by atoms with Crippen molar-refractivity contribution in [3.05, 3.63) is 77.9 Å². The van der Waals surface area contributed by atoms with E-state index in [1.54, 1.807) is 31.2 Å². The molecule has 3 aromatic rings. The van der Waals surface area contributed by atoms with E-state index in [-0.39, 0.29) is 17.7 Å². The number of carbonyl (C=O) groups is 5. The summed E-state index contributed by atoms with van der Waals surface area (Å²) in [6, 6.07) is 17.8. The van der Waals surface area contributed by atoms with Gasteiger partial charge in [0.05, 0.1) is 23.1 Å². The third-order valence-electron chi connectivity index (χ3n) is 5.92. The van der Waals surface area contributed by atoms with Crippen molar-refractivity contribution in [3.8, 4) is 0 Å². The molecule has 0 aromatic heterocycles. The molecule has 38 heavy (non-hydrogen) atoms. The highest BCUT2D eigenvalue weighted by molar-refractivity contribution is 6.45. The van der Waals surface area contributed by atoms with Gasteiger partial charge in [0, 0.05) is 19.0 Å². The molecular weight excluding hydrogens is 484 g/mol. The molecule has 1 atom stereocenters. The van der Waals surface area contributed by atoms with Gasteiger partial charge in [-0.3, -0.25) is 29.4 Å². The van der Waals surface area contributed by atoms with Gasteiger partial charge in [0.15, 0.2) is 5.78 Å². The van der Waals surface area contributed by atoms with Crippen molar-refractivity contribution in [1.29, 1.82) is 5.41 Å². The lowest BCUT2D eigenvalue weighted by atomic mass is 10.0. The first-order valence-electron chi connectivity index (χ1n) is 12.3. The van der Waals surface area contributed by atoms with Crippen molar-refractivity contribution in [2.24, 2.45) is 0 Å². The molecule has 9 nitrogen and oxygen atoms in total. The third kappa shape index (κ3) is 7.42. The molecule has 0 aliphatic rings. The number of anilines is 1. The van der Waals surface area contributed by atoms with Crippen molar-refractivity contribution >= 4 is 51.5 Å².